The number of hydrogen-bond acceptors (Lipinski definition) is 4. The molecule has 1 aliphatic rings. The number of hydrogen-bond donors (Lipinski definition) is 0. The Hall–Kier alpha value is -3.06. The van der Waals surface area contributed by atoms with Gasteiger partial charge < -0.3 is 9.47 Å². The van der Waals surface area contributed by atoms with Crippen molar-refractivity contribution in [1.29, 1.82) is 5.26 Å². The maximum atomic E-state index is 12.5. The van der Waals surface area contributed by atoms with Crippen LogP contribution in [0.5, 0.6) is 11.5 Å². The minimum absolute atomic E-state index is 0.0531. The van der Waals surface area contributed by atoms with Crippen LogP contribution in [0.3, 0.4) is 0 Å². The van der Waals surface area contributed by atoms with Gasteiger partial charge in [0, 0.05) is 5.57 Å². The van der Waals surface area contributed by atoms with E-state index in [9.17, 15) is 4.79 Å². The molecular formula is C23H23NO3. The van der Waals surface area contributed by atoms with Crippen molar-refractivity contribution in [1.82, 2.24) is 0 Å². The minimum Gasteiger partial charge on any atom is -0.461 e. The number of rotatable bonds is 6. The molecule has 0 N–H and O–H groups in total. The molecule has 4 heteroatoms. The van der Waals surface area contributed by atoms with E-state index in [1.54, 1.807) is 6.92 Å². The molecule has 0 radical (unpaired) electrons. The summed E-state index contributed by atoms with van der Waals surface area (Å²) in [5, 5.41) is 8.94. The summed E-state index contributed by atoms with van der Waals surface area (Å²) < 4.78 is 11.3. The van der Waals surface area contributed by atoms with Gasteiger partial charge in [0.25, 0.3) is 0 Å². The van der Waals surface area contributed by atoms with Gasteiger partial charge in [-0.05, 0) is 48.1 Å². The van der Waals surface area contributed by atoms with E-state index in [-0.39, 0.29) is 29.8 Å². The lowest BCUT2D eigenvalue weighted by Crippen LogP contribution is -2.10. The molecule has 1 aliphatic carbocycles. The second kappa shape index (κ2) is 7.67. The van der Waals surface area contributed by atoms with E-state index in [0.717, 1.165) is 11.3 Å². The van der Waals surface area contributed by atoms with Crippen molar-refractivity contribution in [2.75, 3.05) is 0 Å². The molecule has 2 aromatic rings. The van der Waals surface area contributed by atoms with Crippen LogP contribution in [0.25, 0.3) is 0 Å². The quantitative estimate of drug-likeness (QED) is 0.520. The zero-order chi connectivity index (χ0) is 19.4. The zero-order valence-corrected chi connectivity index (χ0v) is 15.8. The molecule has 138 valence electrons. The first-order chi connectivity index (χ1) is 12.9. The average Bonchev–Trinajstić information content (AvgIpc) is 3.20. The number of carbonyl (C=O) groups is 1. The van der Waals surface area contributed by atoms with E-state index in [1.807, 2.05) is 74.5 Å². The molecule has 2 atom stereocenters. The first-order valence-corrected chi connectivity index (χ1v) is 8.99. The molecule has 0 bridgehead atoms. The summed E-state index contributed by atoms with van der Waals surface area (Å²) in [6, 6.07) is 19.2. The van der Waals surface area contributed by atoms with E-state index in [0.29, 0.717) is 11.3 Å². The van der Waals surface area contributed by atoms with Crippen LogP contribution >= 0.6 is 0 Å². The SMILES string of the molecule is C/C(C#N)=C\C1C(C(=O)OCc2cccc(Oc3ccccc3)c2)C1(C)C. The lowest BCUT2D eigenvalue weighted by atomic mass is 10.1. The summed E-state index contributed by atoms with van der Waals surface area (Å²) in [5.41, 5.74) is 1.33. The zero-order valence-electron chi connectivity index (χ0n) is 15.8. The van der Waals surface area contributed by atoms with Crippen LogP contribution in [-0.4, -0.2) is 5.97 Å². The Morgan fingerprint density at radius 3 is 2.56 bits per heavy atom. The van der Waals surface area contributed by atoms with Gasteiger partial charge in [0.2, 0.25) is 0 Å². The van der Waals surface area contributed by atoms with Crippen LogP contribution in [0, 0.1) is 28.6 Å². The fourth-order valence-corrected chi connectivity index (χ4v) is 3.31. The van der Waals surface area contributed by atoms with Gasteiger partial charge in [0.1, 0.15) is 18.1 Å². The minimum atomic E-state index is -0.221. The summed E-state index contributed by atoms with van der Waals surface area (Å²) >= 11 is 0. The molecule has 2 unspecified atom stereocenters. The monoisotopic (exact) mass is 361 g/mol. The highest BCUT2D eigenvalue weighted by Gasteiger charge is 2.61. The van der Waals surface area contributed by atoms with Crippen LogP contribution in [0.4, 0.5) is 0 Å². The molecule has 4 nitrogen and oxygen atoms in total. The Bertz CT molecular complexity index is 893. The standard InChI is InChI=1S/C23H23NO3/c1-16(14-24)12-20-21(23(20,2)3)22(25)26-15-17-8-7-11-19(13-17)27-18-9-5-4-6-10-18/h4-13,20-21H,15H2,1-3H3/b16-12+. The van der Waals surface area contributed by atoms with Gasteiger partial charge in [-0.25, -0.2) is 0 Å². The van der Waals surface area contributed by atoms with Gasteiger partial charge in [-0.3, -0.25) is 4.79 Å². The van der Waals surface area contributed by atoms with Crippen molar-refractivity contribution in [3.8, 4) is 17.6 Å². The molecular weight excluding hydrogens is 338 g/mol. The third kappa shape index (κ3) is 4.38. The number of nitriles is 1. The fourth-order valence-electron chi connectivity index (χ4n) is 3.31. The molecule has 27 heavy (non-hydrogen) atoms. The summed E-state index contributed by atoms with van der Waals surface area (Å²) in [4.78, 5) is 12.5. The van der Waals surface area contributed by atoms with E-state index in [4.69, 9.17) is 14.7 Å². The number of benzene rings is 2. The lowest BCUT2D eigenvalue weighted by Gasteiger charge is -2.09. The highest BCUT2D eigenvalue weighted by atomic mass is 16.5. The summed E-state index contributed by atoms with van der Waals surface area (Å²) in [6.45, 7) is 6.01. The maximum Gasteiger partial charge on any atom is 0.310 e. The molecule has 1 fully saturated rings. The second-order valence-electron chi connectivity index (χ2n) is 7.46. The summed E-state index contributed by atoms with van der Waals surface area (Å²) in [7, 11) is 0. The average molecular weight is 361 g/mol. The third-order valence-corrected chi connectivity index (χ3v) is 5.03. The maximum absolute atomic E-state index is 12.5. The topological polar surface area (TPSA) is 59.3 Å². The van der Waals surface area contributed by atoms with Crippen LogP contribution < -0.4 is 4.74 Å². The number of ether oxygens (including phenoxy) is 2. The Labute approximate surface area is 160 Å². The van der Waals surface area contributed by atoms with E-state index >= 15 is 0 Å². The Kier molecular flexibility index (Phi) is 5.32. The number of carbonyl (C=O) groups excluding carboxylic acids is 1. The Morgan fingerprint density at radius 1 is 1.15 bits per heavy atom. The van der Waals surface area contributed by atoms with Crippen LogP contribution in [0.2, 0.25) is 0 Å². The third-order valence-electron chi connectivity index (χ3n) is 5.03. The van der Waals surface area contributed by atoms with Gasteiger partial charge in [-0.15, -0.1) is 0 Å². The Balaban J connectivity index is 1.60. The highest BCUT2D eigenvalue weighted by Crippen LogP contribution is 2.59. The predicted molar refractivity (Wildman–Crippen MR) is 103 cm³/mol. The van der Waals surface area contributed by atoms with Crippen LogP contribution in [-0.2, 0) is 16.1 Å². The molecule has 0 aliphatic heterocycles. The first kappa shape index (κ1) is 18.7. The number of esters is 1. The molecule has 0 aromatic heterocycles. The first-order valence-electron chi connectivity index (χ1n) is 8.99. The van der Waals surface area contributed by atoms with Crippen molar-refractivity contribution in [2.24, 2.45) is 17.3 Å². The summed E-state index contributed by atoms with van der Waals surface area (Å²) in [5.74, 6) is 1.09. The second-order valence-corrected chi connectivity index (χ2v) is 7.46. The van der Waals surface area contributed by atoms with Crippen molar-refractivity contribution < 1.29 is 14.3 Å². The molecule has 0 heterocycles. The van der Waals surface area contributed by atoms with Crippen molar-refractivity contribution in [3.05, 3.63) is 71.8 Å². The molecule has 1 saturated carbocycles. The molecule has 2 aromatic carbocycles. The van der Waals surface area contributed by atoms with Gasteiger partial charge in [0.05, 0.1) is 12.0 Å². The predicted octanol–water partition coefficient (Wildman–Crippen LogP) is 5.26. The number of para-hydroxylation sites is 1. The van der Waals surface area contributed by atoms with Crippen molar-refractivity contribution in [3.63, 3.8) is 0 Å². The van der Waals surface area contributed by atoms with E-state index < -0.39 is 0 Å². The van der Waals surface area contributed by atoms with E-state index in [2.05, 4.69) is 6.07 Å². The lowest BCUT2D eigenvalue weighted by molar-refractivity contribution is -0.147. The normalized spacial score (nSPS) is 20.4. The largest absolute Gasteiger partial charge is 0.461 e. The smallest absolute Gasteiger partial charge is 0.310 e. The van der Waals surface area contributed by atoms with Crippen LogP contribution in [0.15, 0.2) is 66.2 Å². The van der Waals surface area contributed by atoms with Gasteiger partial charge in [0.15, 0.2) is 0 Å². The van der Waals surface area contributed by atoms with Crippen molar-refractivity contribution in [2.45, 2.75) is 27.4 Å². The number of nitrogens with zero attached hydrogens (tertiary/aromatic N) is 1. The fraction of sp³-hybridized carbons (Fsp3) is 0.304. The Morgan fingerprint density at radius 2 is 1.85 bits per heavy atom. The number of allylic oxidation sites excluding steroid dienone is 2. The van der Waals surface area contributed by atoms with Gasteiger partial charge >= 0.3 is 5.97 Å². The van der Waals surface area contributed by atoms with Gasteiger partial charge in [-0.2, -0.15) is 5.26 Å². The van der Waals surface area contributed by atoms with Crippen LogP contribution in [0.1, 0.15) is 26.3 Å². The molecule has 3 rings (SSSR count). The summed E-state index contributed by atoms with van der Waals surface area (Å²) in [6.07, 6.45) is 1.88. The molecule has 0 saturated heterocycles. The van der Waals surface area contributed by atoms with Crippen molar-refractivity contribution >= 4 is 5.97 Å². The van der Waals surface area contributed by atoms with E-state index in [1.165, 1.54) is 0 Å². The molecule has 0 amide bonds. The van der Waals surface area contributed by atoms with Gasteiger partial charge in [-0.1, -0.05) is 50.3 Å². The molecule has 0 spiro atoms. The highest BCUT2D eigenvalue weighted by molar-refractivity contribution is 5.78.